The first kappa shape index (κ1) is 29.6. The minimum Gasteiger partial charge on any atom is -0.293 e. The fourth-order valence-electron chi connectivity index (χ4n) is 5.27. The van der Waals surface area contributed by atoms with E-state index in [1.54, 1.807) is 0 Å². The molecule has 0 aliphatic heterocycles. The molecule has 202 valence electrons. The molecular weight excluding hydrogens is 464 g/mol. The topological polar surface area (TPSA) is 34.1 Å². The van der Waals surface area contributed by atoms with Gasteiger partial charge in [-0.2, -0.15) is 0 Å². The summed E-state index contributed by atoms with van der Waals surface area (Å²) >= 11 is 0. The minimum absolute atomic E-state index is 0.0847. The van der Waals surface area contributed by atoms with Crippen LogP contribution < -0.4 is 0 Å². The van der Waals surface area contributed by atoms with Gasteiger partial charge in [0, 0.05) is 11.1 Å². The van der Waals surface area contributed by atoms with Crippen LogP contribution in [0.4, 0.5) is 0 Å². The summed E-state index contributed by atoms with van der Waals surface area (Å²) in [6.07, 6.45) is 23.3. The van der Waals surface area contributed by atoms with Gasteiger partial charge in [0.25, 0.3) is 0 Å². The van der Waals surface area contributed by atoms with Gasteiger partial charge in [0.15, 0.2) is 11.6 Å². The number of hydrogen-bond acceptors (Lipinski definition) is 2. The molecule has 0 saturated carbocycles. The lowest BCUT2D eigenvalue weighted by molar-refractivity contribution is 0.0800. The second-order valence-electron chi connectivity index (χ2n) is 11.6. The van der Waals surface area contributed by atoms with Crippen LogP contribution in [-0.2, 0) is 6.42 Å². The van der Waals surface area contributed by atoms with Gasteiger partial charge < -0.3 is 0 Å². The molecule has 0 fully saturated rings. The van der Waals surface area contributed by atoms with E-state index in [4.69, 9.17) is 0 Å². The highest BCUT2D eigenvalue weighted by Crippen LogP contribution is 2.36. The molecule has 0 saturated heterocycles. The Labute approximate surface area is 231 Å². The zero-order valence-electron chi connectivity index (χ0n) is 24.4. The molecule has 0 aromatic heterocycles. The minimum atomic E-state index is -0.368. The summed E-state index contributed by atoms with van der Waals surface area (Å²) in [6, 6.07) is 5.88. The van der Waals surface area contributed by atoms with Gasteiger partial charge in [-0.3, -0.25) is 9.59 Å². The molecule has 2 unspecified atom stereocenters. The molecular formula is C36H46O2. The average molecular weight is 511 g/mol. The molecule has 0 amide bonds. The first-order chi connectivity index (χ1) is 18.2. The van der Waals surface area contributed by atoms with Gasteiger partial charge >= 0.3 is 0 Å². The molecule has 3 rings (SSSR count). The van der Waals surface area contributed by atoms with E-state index in [0.717, 1.165) is 62.5 Å². The van der Waals surface area contributed by atoms with E-state index < -0.39 is 0 Å². The maximum atomic E-state index is 13.4. The number of aryl methyl sites for hydroxylation is 1. The summed E-state index contributed by atoms with van der Waals surface area (Å²) in [5, 5.41) is 0. The molecule has 0 N–H and O–H groups in total. The van der Waals surface area contributed by atoms with Crippen molar-refractivity contribution in [1.82, 2.24) is 0 Å². The van der Waals surface area contributed by atoms with E-state index in [1.165, 1.54) is 22.3 Å². The van der Waals surface area contributed by atoms with Crippen molar-refractivity contribution in [2.24, 2.45) is 11.8 Å². The van der Waals surface area contributed by atoms with Gasteiger partial charge in [-0.05, 0) is 105 Å². The number of benzene rings is 1. The van der Waals surface area contributed by atoms with Gasteiger partial charge in [0.05, 0.1) is 11.8 Å². The zero-order valence-corrected chi connectivity index (χ0v) is 24.4. The second kappa shape index (κ2) is 14.2. The lowest BCUT2D eigenvalue weighted by Crippen LogP contribution is -2.35. The third kappa shape index (κ3) is 8.51. The summed E-state index contributed by atoms with van der Waals surface area (Å²) in [5.41, 5.74) is 9.02. The molecule has 2 atom stereocenters. The first-order valence-electron chi connectivity index (χ1n) is 14.3. The molecule has 0 heterocycles. The number of carbonyl (C=O) groups excluding carboxylic acids is 2. The van der Waals surface area contributed by atoms with E-state index in [9.17, 15) is 9.59 Å². The Bertz CT molecular complexity index is 1200. The van der Waals surface area contributed by atoms with Gasteiger partial charge in [-0.15, -0.1) is 0 Å². The van der Waals surface area contributed by atoms with E-state index in [1.807, 2.05) is 24.3 Å². The van der Waals surface area contributed by atoms with E-state index in [-0.39, 0.29) is 23.4 Å². The molecule has 2 heteroatoms. The Hall–Kier alpha value is -3.00. The summed E-state index contributed by atoms with van der Waals surface area (Å²) in [6.45, 7) is 12.9. The predicted molar refractivity (Wildman–Crippen MR) is 162 cm³/mol. The van der Waals surface area contributed by atoms with Crippen molar-refractivity contribution in [3.63, 3.8) is 0 Å². The van der Waals surface area contributed by atoms with Crippen molar-refractivity contribution in [3.8, 4) is 0 Å². The van der Waals surface area contributed by atoms with Gasteiger partial charge in [0.1, 0.15) is 0 Å². The van der Waals surface area contributed by atoms with E-state index >= 15 is 0 Å². The van der Waals surface area contributed by atoms with Crippen LogP contribution in [0.15, 0.2) is 88.6 Å². The van der Waals surface area contributed by atoms with E-state index in [0.29, 0.717) is 11.1 Å². The van der Waals surface area contributed by atoms with Crippen molar-refractivity contribution >= 4 is 11.6 Å². The predicted octanol–water partition coefficient (Wildman–Crippen LogP) is 9.89. The van der Waals surface area contributed by atoms with Crippen LogP contribution in [0.25, 0.3) is 0 Å². The summed E-state index contributed by atoms with van der Waals surface area (Å²) in [7, 11) is 0. The lowest BCUT2D eigenvalue weighted by atomic mass is 9.70. The normalized spacial score (nSPS) is 19.1. The monoisotopic (exact) mass is 510 g/mol. The van der Waals surface area contributed by atoms with Crippen molar-refractivity contribution in [2.75, 3.05) is 0 Å². The largest absolute Gasteiger partial charge is 0.293 e. The van der Waals surface area contributed by atoms with Crippen LogP contribution in [0, 0.1) is 11.8 Å². The Kier molecular flexibility index (Phi) is 11.1. The SMILES string of the molecule is CC(C)=CCC/C(C)=C/CCC1=CC2C(=O)c3ccc(CC/C=C(\C)CCC=C(C)C)cc3C(=O)C2C=C1. The quantitative estimate of drug-likeness (QED) is 0.262. The third-order valence-electron chi connectivity index (χ3n) is 7.55. The molecule has 38 heavy (non-hydrogen) atoms. The maximum absolute atomic E-state index is 13.4. The number of carbonyl (C=O) groups is 2. The summed E-state index contributed by atoms with van der Waals surface area (Å²) < 4.78 is 0. The molecule has 0 radical (unpaired) electrons. The van der Waals surface area contributed by atoms with Gasteiger partial charge in [-0.1, -0.05) is 82.5 Å². The Morgan fingerprint density at radius 2 is 1.26 bits per heavy atom. The van der Waals surface area contributed by atoms with Crippen molar-refractivity contribution in [1.29, 1.82) is 0 Å². The number of fused-ring (bicyclic) bond motifs is 2. The van der Waals surface area contributed by atoms with Crippen molar-refractivity contribution in [2.45, 2.75) is 92.9 Å². The first-order valence-corrected chi connectivity index (χ1v) is 14.3. The van der Waals surface area contributed by atoms with Crippen LogP contribution in [0.5, 0.6) is 0 Å². The molecule has 2 aliphatic carbocycles. The Morgan fingerprint density at radius 3 is 1.87 bits per heavy atom. The molecule has 1 aromatic carbocycles. The van der Waals surface area contributed by atoms with Crippen LogP contribution in [-0.4, -0.2) is 11.6 Å². The van der Waals surface area contributed by atoms with Crippen molar-refractivity contribution < 1.29 is 9.59 Å². The molecule has 2 aliphatic rings. The molecule has 0 spiro atoms. The lowest BCUT2D eigenvalue weighted by Gasteiger charge is -2.30. The number of rotatable bonds is 12. The fourth-order valence-corrected chi connectivity index (χ4v) is 5.27. The smallest absolute Gasteiger partial charge is 0.171 e. The summed E-state index contributed by atoms with van der Waals surface area (Å²) in [5.74, 6) is -0.564. The molecule has 0 bridgehead atoms. The highest BCUT2D eigenvalue weighted by molar-refractivity contribution is 6.17. The maximum Gasteiger partial charge on any atom is 0.171 e. The number of allylic oxidation sites excluding steroid dienone is 12. The van der Waals surface area contributed by atoms with Crippen LogP contribution in [0.1, 0.15) is 113 Å². The Morgan fingerprint density at radius 1 is 0.684 bits per heavy atom. The number of ketones is 2. The summed E-state index contributed by atoms with van der Waals surface area (Å²) in [4.78, 5) is 26.8. The fraction of sp³-hybridized carbons (Fsp3) is 0.444. The second-order valence-corrected chi connectivity index (χ2v) is 11.6. The zero-order chi connectivity index (χ0) is 27.7. The molecule has 1 aromatic rings. The molecule has 2 nitrogen and oxygen atoms in total. The van der Waals surface area contributed by atoms with Crippen LogP contribution >= 0.6 is 0 Å². The average Bonchev–Trinajstić information content (AvgIpc) is 2.86. The van der Waals surface area contributed by atoms with Crippen LogP contribution in [0.2, 0.25) is 0 Å². The number of hydrogen-bond donors (Lipinski definition) is 0. The van der Waals surface area contributed by atoms with Crippen molar-refractivity contribution in [3.05, 3.63) is 105 Å². The van der Waals surface area contributed by atoms with Gasteiger partial charge in [-0.25, -0.2) is 0 Å². The highest BCUT2D eigenvalue weighted by Gasteiger charge is 2.40. The van der Waals surface area contributed by atoms with E-state index in [2.05, 4.69) is 78.0 Å². The third-order valence-corrected chi connectivity index (χ3v) is 7.55. The number of Topliss-reactive ketones (excluding diaryl/α,β-unsaturated/α-hetero) is 2. The van der Waals surface area contributed by atoms with Crippen LogP contribution in [0.3, 0.4) is 0 Å². The van der Waals surface area contributed by atoms with Gasteiger partial charge in [0.2, 0.25) is 0 Å². The Balaban J connectivity index is 1.61. The standard InChI is InChI=1S/C36H46O2/c1-25(2)11-7-13-27(5)15-9-17-29-19-21-31-33(23-29)35(37)32-22-20-30(24-34(32)36(31)38)18-10-16-28(6)14-8-12-26(3)4/h11-12,15-16,19-24,31,33H,7-10,13-14,17-18H2,1-6H3/b27-15+,28-16+. The highest BCUT2D eigenvalue weighted by atomic mass is 16.1.